The van der Waals surface area contributed by atoms with Crippen LogP contribution < -0.4 is 0 Å². The van der Waals surface area contributed by atoms with E-state index in [2.05, 4.69) is 20.4 Å². The van der Waals surface area contributed by atoms with Crippen molar-refractivity contribution in [1.29, 1.82) is 0 Å². The van der Waals surface area contributed by atoms with Gasteiger partial charge in [0.05, 0.1) is 12.4 Å². The molecule has 3 rings (SSSR count). The van der Waals surface area contributed by atoms with Crippen LogP contribution in [0.5, 0.6) is 5.75 Å². The number of aromatic hydroxyl groups is 1. The third-order valence-corrected chi connectivity index (χ3v) is 2.82. The van der Waals surface area contributed by atoms with Crippen LogP contribution >= 0.6 is 0 Å². The monoisotopic (exact) mass is 310 g/mol. The van der Waals surface area contributed by atoms with Gasteiger partial charge in [-0.25, -0.2) is 4.79 Å². The number of pyridine rings is 1. The van der Waals surface area contributed by atoms with Gasteiger partial charge >= 0.3 is 5.97 Å². The summed E-state index contributed by atoms with van der Waals surface area (Å²) in [5.74, 6) is -1.31. The molecule has 0 aliphatic rings. The molecule has 23 heavy (non-hydrogen) atoms. The van der Waals surface area contributed by atoms with E-state index in [0.29, 0.717) is 0 Å². The highest BCUT2D eigenvalue weighted by Gasteiger charge is 2.05. The normalized spacial score (nSPS) is 9.57. The molecule has 1 aromatic carbocycles. The van der Waals surface area contributed by atoms with Crippen molar-refractivity contribution in [3.05, 3.63) is 77.9 Å². The van der Waals surface area contributed by atoms with E-state index in [-0.39, 0.29) is 11.3 Å². The highest BCUT2D eigenvalue weighted by Crippen LogP contribution is 2.14. The van der Waals surface area contributed by atoms with E-state index in [9.17, 15) is 4.79 Å². The van der Waals surface area contributed by atoms with Gasteiger partial charge in [-0.05, 0) is 34.5 Å². The Morgan fingerprint density at radius 3 is 2.26 bits per heavy atom. The number of aromatic nitrogens is 4. The molecule has 0 atom stereocenters. The molecule has 2 aromatic heterocycles. The number of nitrogens with zero attached hydrogens (tertiary/aromatic N) is 4. The molecule has 2 heterocycles. The van der Waals surface area contributed by atoms with E-state index >= 15 is 0 Å². The molecule has 0 aliphatic carbocycles. The fourth-order valence-electron chi connectivity index (χ4n) is 1.75. The van der Waals surface area contributed by atoms with Crippen molar-refractivity contribution >= 4 is 5.97 Å². The van der Waals surface area contributed by atoms with Crippen LogP contribution in [-0.4, -0.2) is 36.6 Å². The lowest BCUT2D eigenvalue weighted by Crippen LogP contribution is -1.95. The molecule has 0 saturated heterocycles. The molecule has 0 saturated carbocycles. The lowest BCUT2D eigenvalue weighted by molar-refractivity contribution is 0.0693. The van der Waals surface area contributed by atoms with Crippen LogP contribution in [0.4, 0.5) is 0 Å². The Bertz CT molecular complexity index is 714. The zero-order valence-electron chi connectivity index (χ0n) is 12.1. The Morgan fingerprint density at radius 2 is 1.70 bits per heavy atom. The maximum atomic E-state index is 10.3. The molecule has 7 nitrogen and oxygen atoms in total. The van der Waals surface area contributed by atoms with Gasteiger partial charge in [-0.1, -0.05) is 18.2 Å². The third kappa shape index (κ3) is 5.16. The zero-order chi connectivity index (χ0) is 16.5. The minimum atomic E-state index is -1.11. The number of rotatable bonds is 3. The van der Waals surface area contributed by atoms with E-state index in [4.69, 9.17) is 10.2 Å². The Hall–Kier alpha value is -3.35. The van der Waals surface area contributed by atoms with Gasteiger partial charge in [-0.2, -0.15) is 0 Å². The number of hydrogen-bond donors (Lipinski definition) is 2. The Balaban J connectivity index is 0.000000174. The van der Waals surface area contributed by atoms with Crippen LogP contribution in [0.2, 0.25) is 0 Å². The lowest BCUT2D eigenvalue weighted by atomic mass is 10.1. The number of aromatic carboxylic acids is 1. The van der Waals surface area contributed by atoms with Gasteiger partial charge in [0.15, 0.2) is 0 Å². The van der Waals surface area contributed by atoms with Crippen molar-refractivity contribution in [1.82, 2.24) is 20.4 Å². The summed E-state index contributed by atoms with van der Waals surface area (Å²) in [7, 11) is 0. The second kappa shape index (κ2) is 8.18. The van der Waals surface area contributed by atoms with Crippen molar-refractivity contribution in [2.24, 2.45) is 0 Å². The highest BCUT2D eigenvalue weighted by atomic mass is 16.4. The second-order valence-corrected chi connectivity index (χ2v) is 4.51. The van der Waals surface area contributed by atoms with Gasteiger partial charge in [-0.3, -0.25) is 4.98 Å². The molecule has 0 bridgehead atoms. The number of para-hydroxylation sites is 1. The molecule has 3 aromatic rings. The average molecular weight is 310 g/mol. The summed E-state index contributed by atoms with van der Waals surface area (Å²) >= 11 is 0. The SMILES string of the molecule is O=C(O)c1ccccc1O.c1cncc(Cc2cnnnc2)c1. The molecule has 0 spiro atoms. The van der Waals surface area contributed by atoms with Crippen molar-refractivity contribution in [3.8, 4) is 5.75 Å². The molecule has 0 aliphatic heterocycles. The first kappa shape index (κ1) is 16.0. The van der Waals surface area contributed by atoms with Gasteiger partial charge in [0, 0.05) is 18.8 Å². The standard InChI is InChI=1S/C9H8N4.C7H6O3/c1-2-8(5-10-3-1)4-9-6-11-13-12-7-9;8-6-4-2-1-3-5(6)7(9)10/h1-3,5-7H,4H2;1-4,8H,(H,9,10). The van der Waals surface area contributed by atoms with Gasteiger partial charge in [0.1, 0.15) is 11.3 Å². The Morgan fingerprint density at radius 1 is 0.957 bits per heavy atom. The molecular formula is C16H14N4O3. The van der Waals surface area contributed by atoms with Gasteiger partial charge in [0.2, 0.25) is 0 Å². The van der Waals surface area contributed by atoms with E-state index in [1.54, 1.807) is 30.7 Å². The quantitative estimate of drug-likeness (QED) is 0.760. The van der Waals surface area contributed by atoms with E-state index in [1.165, 1.54) is 12.1 Å². The van der Waals surface area contributed by atoms with E-state index in [1.807, 2.05) is 18.3 Å². The van der Waals surface area contributed by atoms with E-state index in [0.717, 1.165) is 17.5 Å². The summed E-state index contributed by atoms with van der Waals surface area (Å²) in [4.78, 5) is 14.3. The average Bonchev–Trinajstić information content (AvgIpc) is 2.57. The van der Waals surface area contributed by atoms with Gasteiger partial charge < -0.3 is 10.2 Å². The summed E-state index contributed by atoms with van der Waals surface area (Å²) in [6.07, 6.45) is 7.81. The lowest BCUT2D eigenvalue weighted by Gasteiger charge is -1.97. The Kier molecular flexibility index (Phi) is 5.70. The van der Waals surface area contributed by atoms with Crippen molar-refractivity contribution in [3.63, 3.8) is 0 Å². The molecule has 0 radical (unpaired) electrons. The predicted octanol–water partition coefficient (Wildman–Crippen LogP) is 1.95. The van der Waals surface area contributed by atoms with Crippen LogP contribution in [0.15, 0.2) is 61.2 Å². The maximum Gasteiger partial charge on any atom is 0.339 e. The first-order chi connectivity index (χ1) is 11.2. The van der Waals surface area contributed by atoms with Crippen molar-refractivity contribution in [2.45, 2.75) is 6.42 Å². The molecule has 2 N–H and O–H groups in total. The summed E-state index contributed by atoms with van der Waals surface area (Å²) in [5, 5.41) is 28.2. The third-order valence-electron chi connectivity index (χ3n) is 2.82. The van der Waals surface area contributed by atoms with Crippen LogP contribution in [0.25, 0.3) is 0 Å². The zero-order valence-corrected chi connectivity index (χ0v) is 12.1. The van der Waals surface area contributed by atoms with Crippen molar-refractivity contribution < 1.29 is 15.0 Å². The van der Waals surface area contributed by atoms with E-state index < -0.39 is 5.97 Å². The number of hydrogen-bond acceptors (Lipinski definition) is 6. The Labute approximate surface area is 132 Å². The first-order valence-corrected chi connectivity index (χ1v) is 6.69. The number of carboxylic acid groups (broad SMARTS) is 1. The molecule has 0 amide bonds. The minimum absolute atomic E-state index is 0.0671. The van der Waals surface area contributed by atoms with Crippen LogP contribution in [0.3, 0.4) is 0 Å². The topological polar surface area (TPSA) is 109 Å². The maximum absolute atomic E-state index is 10.3. The van der Waals surface area contributed by atoms with Gasteiger partial charge in [-0.15, -0.1) is 10.2 Å². The minimum Gasteiger partial charge on any atom is -0.507 e. The predicted molar refractivity (Wildman–Crippen MR) is 81.9 cm³/mol. The number of carboxylic acids is 1. The van der Waals surface area contributed by atoms with Gasteiger partial charge in [0.25, 0.3) is 0 Å². The molecule has 0 unspecified atom stereocenters. The largest absolute Gasteiger partial charge is 0.507 e. The molecule has 0 fully saturated rings. The molecular weight excluding hydrogens is 296 g/mol. The molecule has 116 valence electrons. The first-order valence-electron chi connectivity index (χ1n) is 6.69. The summed E-state index contributed by atoms with van der Waals surface area (Å²) < 4.78 is 0. The summed E-state index contributed by atoms with van der Waals surface area (Å²) in [6, 6.07) is 9.75. The fraction of sp³-hybridized carbons (Fsp3) is 0.0625. The fourth-order valence-corrected chi connectivity index (χ4v) is 1.75. The smallest absolute Gasteiger partial charge is 0.339 e. The summed E-state index contributed by atoms with van der Waals surface area (Å²) in [6.45, 7) is 0. The number of carbonyl (C=O) groups is 1. The van der Waals surface area contributed by atoms with Crippen molar-refractivity contribution in [2.75, 3.05) is 0 Å². The van der Waals surface area contributed by atoms with Crippen LogP contribution in [0.1, 0.15) is 21.5 Å². The summed E-state index contributed by atoms with van der Waals surface area (Å²) in [5.41, 5.74) is 2.13. The number of benzene rings is 1. The number of phenols is 1. The van der Waals surface area contributed by atoms with Crippen LogP contribution in [0, 0.1) is 0 Å². The highest BCUT2D eigenvalue weighted by molar-refractivity contribution is 5.90. The van der Waals surface area contributed by atoms with Crippen LogP contribution in [-0.2, 0) is 6.42 Å². The second-order valence-electron chi connectivity index (χ2n) is 4.51. The molecule has 7 heteroatoms.